The van der Waals surface area contributed by atoms with Crippen LogP contribution in [0.5, 0.6) is 0 Å². The van der Waals surface area contributed by atoms with Gasteiger partial charge in [-0.2, -0.15) is 5.10 Å². The highest BCUT2D eigenvalue weighted by atomic mass is 16.4. The number of hydrogen-bond donors (Lipinski definition) is 5. The molecule has 0 radical (unpaired) electrons. The van der Waals surface area contributed by atoms with Crippen LogP contribution in [0.1, 0.15) is 53.3 Å². The summed E-state index contributed by atoms with van der Waals surface area (Å²) in [6, 6.07) is 15.6. The van der Waals surface area contributed by atoms with Crippen molar-refractivity contribution < 1.29 is 28.7 Å². The van der Waals surface area contributed by atoms with Crippen molar-refractivity contribution in [2.24, 2.45) is 0 Å². The minimum atomic E-state index is -1.15. The molecule has 5 N–H and O–H groups in total. The first kappa shape index (κ1) is 28.7. The van der Waals surface area contributed by atoms with Crippen LogP contribution >= 0.6 is 0 Å². The van der Waals surface area contributed by atoms with E-state index in [1.54, 1.807) is 48.5 Å². The van der Waals surface area contributed by atoms with Crippen molar-refractivity contribution >= 4 is 23.8 Å². The van der Waals surface area contributed by atoms with E-state index in [0.717, 1.165) is 18.4 Å². The molecule has 4 rings (SSSR count). The van der Waals surface area contributed by atoms with Gasteiger partial charge in [-0.15, -0.1) is 0 Å². The second-order valence-electron chi connectivity index (χ2n) is 9.27. The molecule has 4 amide bonds. The minimum absolute atomic E-state index is 0.0441. The number of nitrogens with one attached hydrogen (secondary N) is 4. The van der Waals surface area contributed by atoms with E-state index in [0.29, 0.717) is 16.8 Å². The SMILES string of the molecule is CCC(CC)NC(=O)NC(=O)c1cnc(-c2cccc(-c3cc(C(=O)NC(Cc4ccccc4)C(=O)O)[nH]n3)c2)o1. The average Bonchev–Trinajstić information content (AvgIpc) is 3.67. The normalized spacial score (nSPS) is 11.6. The van der Waals surface area contributed by atoms with E-state index in [1.807, 2.05) is 19.9 Å². The molecule has 1 unspecified atom stereocenters. The molecule has 0 bridgehead atoms. The maximum absolute atomic E-state index is 12.8. The van der Waals surface area contributed by atoms with E-state index in [2.05, 4.69) is 31.1 Å². The zero-order valence-corrected chi connectivity index (χ0v) is 22.5. The summed E-state index contributed by atoms with van der Waals surface area (Å²) in [6.45, 7) is 3.88. The predicted octanol–water partition coefficient (Wildman–Crippen LogP) is 3.79. The summed E-state index contributed by atoms with van der Waals surface area (Å²) in [6.07, 6.45) is 2.83. The van der Waals surface area contributed by atoms with Gasteiger partial charge in [-0.1, -0.05) is 56.3 Å². The van der Waals surface area contributed by atoms with Crippen LogP contribution in [0.25, 0.3) is 22.7 Å². The Morgan fingerprint density at radius 1 is 0.927 bits per heavy atom. The van der Waals surface area contributed by atoms with E-state index in [-0.39, 0.29) is 29.8 Å². The molecule has 212 valence electrons. The van der Waals surface area contributed by atoms with Crippen molar-refractivity contribution in [3.05, 3.63) is 83.9 Å². The first-order chi connectivity index (χ1) is 19.8. The number of hydrogen-bond acceptors (Lipinski definition) is 7. The topological polar surface area (TPSA) is 179 Å². The Kier molecular flexibility index (Phi) is 9.25. The lowest BCUT2D eigenvalue weighted by Crippen LogP contribution is -2.44. The number of aromatic amines is 1. The fraction of sp³-hybridized carbons (Fsp3) is 0.241. The molecule has 2 aromatic heterocycles. The molecule has 0 saturated heterocycles. The van der Waals surface area contributed by atoms with Crippen LogP contribution in [0.15, 0.2) is 71.3 Å². The highest BCUT2D eigenvalue weighted by Gasteiger charge is 2.23. The maximum atomic E-state index is 12.8. The zero-order valence-electron chi connectivity index (χ0n) is 22.5. The van der Waals surface area contributed by atoms with Gasteiger partial charge >= 0.3 is 12.0 Å². The zero-order chi connectivity index (χ0) is 29.4. The van der Waals surface area contributed by atoms with Crippen LogP contribution in [0, 0.1) is 0 Å². The number of benzene rings is 2. The first-order valence-electron chi connectivity index (χ1n) is 13.1. The summed E-state index contributed by atoms with van der Waals surface area (Å²) in [5.74, 6) is -2.47. The van der Waals surface area contributed by atoms with Gasteiger partial charge in [0.15, 0.2) is 0 Å². The van der Waals surface area contributed by atoms with Gasteiger partial charge in [0, 0.05) is 23.6 Å². The van der Waals surface area contributed by atoms with Crippen molar-refractivity contribution in [2.75, 3.05) is 0 Å². The number of amides is 4. The van der Waals surface area contributed by atoms with Crippen molar-refractivity contribution in [1.82, 2.24) is 31.1 Å². The average molecular weight is 559 g/mol. The number of urea groups is 1. The molecular formula is C29H30N6O6. The lowest BCUT2D eigenvalue weighted by Gasteiger charge is -2.14. The number of carboxylic acid groups (broad SMARTS) is 1. The standard InChI is InChI=1S/C29H30N6O6/c1-3-20(4-2)31-29(40)33-26(37)24-16-30-27(41-24)19-12-8-11-18(14-19)21-15-22(35-34-21)25(36)32-23(28(38)39)13-17-9-6-5-7-10-17/h5-12,14-16,20,23H,3-4,13H2,1-2H3,(H,32,36)(H,34,35)(H,38,39)(H2,31,33,37,40). The Balaban J connectivity index is 1.43. The molecule has 0 spiro atoms. The quantitative estimate of drug-likeness (QED) is 0.184. The molecule has 0 fully saturated rings. The fourth-order valence-electron chi connectivity index (χ4n) is 4.07. The predicted molar refractivity (Wildman–Crippen MR) is 149 cm³/mol. The smallest absolute Gasteiger partial charge is 0.326 e. The fourth-order valence-corrected chi connectivity index (χ4v) is 4.07. The molecule has 1 atom stereocenters. The van der Waals surface area contributed by atoms with Gasteiger partial charge < -0.3 is 20.2 Å². The van der Waals surface area contributed by atoms with Crippen molar-refractivity contribution in [2.45, 2.75) is 45.2 Å². The Morgan fingerprint density at radius 3 is 2.37 bits per heavy atom. The highest BCUT2D eigenvalue weighted by molar-refractivity contribution is 6.02. The van der Waals surface area contributed by atoms with Gasteiger partial charge in [0.1, 0.15) is 11.7 Å². The summed E-state index contributed by atoms with van der Waals surface area (Å²) in [7, 11) is 0. The van der Waals surface area contributed by atoms with Gasteiger partial charge in [-0.3, -0.25) is 20.0 Å². The first-order valence-corrected chi connectivity index (χ1v) is 13.1. The summed E-state index contributed by atoms with van der Waals surface area (Å²) in [5.41, 5.74) is 2.44. The molecule has 12 heteroatoms. The van der Waals surface area contributed by atoms with Crippen LogP contribution in [-0.2, 0) is 11.2 Å². The van der Waals surface area contributed by atoms with Gasteiger partial charge in [0.2, 0.25) is 11.7 Å². The molecule has 0 aliphatic heterocycles. The number of aromatic nitrogens is 3. The number of nitrogens with zero attached hydrogens (tertiary/aromatic N) is 2. The molecule has 12 nitrogen and oxygen atoms in total. The van der Waals surface area contributed by atoms with Crippen LogP contribution in [0.2, 0.25) is 0 Å². The molecule has 2 heterocycles. The van der Waals surface area contributed by atoms with Gasteiger partial charge in [-0.25, -0.2) is 14.6 Å². The number of imide groups is 1. The number of carbonyl (C=O) groups is 4. The maximum Gasteiger partial charge on any atom is 0.326 e. The number of rotatable bonds is 11. The number of oxazole rings is 1. The van der Waals surface area contributed by atoms with E-state index >= 15 is 0 Å². The highest BCUT2D eigenvalue weighted by Crippen LogP contribution is 2.25. The third kappa shape index (κ3) is 7.44. The summed E-state index contributed by atoms with van der Waals surface area (Å²) >= 11 is 0. The Bertz CT molecular complexity index is 1530. The van der Waals surface area contributed by atoms with E-state index in [1.165, 1.54) is 12.3 Å². The molecular weight excluding hydrogens is 528 g/mol. The largest absolute Gasteiger partial charge is 0.480 e. The summed E-state index contributed by atoms with van der Waals surface area (Å²) < 4.78 is 5.59. The second-order valence-corrected chi connectivity index (χ2v) is 9.27. The van der Waals surface area contributed by atoms with Gasteiger partial charge in [-0.05, 0) is 36.6 Å². The number of carboxylic acids is 1. The number of aliphatic carboxylic acids is 1. The third-order valence-corrected chi connectivity index (χ3v) is 6.39. The molecule has 0 aliphatic rings. The molecule has 41 heavy (non-hydrogen) atoms. The number of carbonyl (C=O) groups excluding carboxylic acids is 3. The van der Waals surface area contributed by atoms with Gasteiger partial charge in [0.05, 0.1) is 11.9 Å². The van der Waals surface area contributed by atoms with Crippen molar-refractivity contribution in [3.63, 3.8) is 0 Å². The Labute approximate surface area is 235 Å². The van der Waals surface area contributed by atoms with E-state index < -0.39 is 29.9 Å². The van der Waals surface area contributed by atoms with Crippen LogP contribution in [0.3, 0.4) is 0 Å². The monoisotopic (exact) mass is 558 g/mol. The summed E-state index contributed by atoms with van der Waals surface area (Å²) in [5, 5.41) is 23.9. The van der Waals surface area contributed by atoms with Crippen LogP contribution in [-0.4, -0.2) is 56.2 Å². The molecule has 4 aromatic rings. The van der Waals surface area contributed by atoms with Crippen LogP contribution in [0.4, 0.5) is 4.79 Å². The Hall–Kier alpha value is -5.26. The van der Waals surface area contributed by atoms with E-state index in [4.69, 9.17) is 4.42 Å². The molecule has 0 saturated carbocycles. The van der Waals surface area contributed by atoms with Crippen molar-refractivity contribution in [3.8, 4) is 22.7 Å². The second kappa shape index (κ2) is 13.2. The molecule has 0 aliphatic carbocycles. The Morgan fingerprint density at radius 2 is 1.66 bits per heavy atom. The minimum Gasteiger partial charge on any atom is -0.480 e. The lowest BCUT2D eigenvalue weighted by molar-refractivity contribution is -0.139. The summed E-state index contributed by atoms with van der Waals surface area (Å²) in [4.78, 5) is 53.2. The third-order valence-electron chi connectivity index (χ3n) is 6.39. The van der Waals surface area contributed by atoms with Crippen molar-refractivity contribution in [1.29, 1.82) is 0 Å². The van der Waals surface area contributed by atoms with E-state index in [9.17, 15) is 24.3 Å². The lowest BCUT2D eigenvalue weighted by atomic mass is 10.1. The van der Waals surface area contributed by atoms with Gasteiger partial charge in [0.25, 0.3) is 11.8 Å². The number of H-pyrrole nitrogens is 1. The van der Waals surface area contributed by atoms with Crippen LogP contribution < -0.4 is 16.0 Å². The molecule has 2 aromatic carbocycles.